The van der Waals surface area contributed by atoms with Crippen LogP contribution in [0.25, 0.3) is 5.57 Å². The van der Waals surface area contributed by atoms with Gasteiger partial charge in [-0.2, -0.15) is 0 Å². The molecule has 1 aliphatic rings. The van der Waals surface area contributed by atoms with Crippen LogP contribution in [0.2, 0.25) is 0 Å². The Balaban J connectivity index is 1.81. The Labute approximate surface area is 182 Å². The highest BCUT2D eigenvalue weighted by Gasteiger charge is 2.30. The number of hydrogen-bond acceptors (Lipinski definition) is 6. The molecule has 31 heavy (non-hydrogen) atoms. The SMILES string of the molecule is CC(CCCCO[N+](=O)[O-])C(C)c1cc(O)c2c(c1)OC(C)(C)C=C2c1ccncc1. The van der Waals surface area contributed by atoms with Gasteiger partial charge in [-0.3, -0.25) is 4.98 Å². The lowest BCUT2D eigenvalue weighted by Gasteiger charge is -2.33. The van der Waals surface area contributed by atoms with Crippen LogP contribution in [0.3, 0.4) is 0 Å². The molecule has 0 aliphatic carbocycles. The normalized spacial score (nSPS) is 16.5. The first-order valence-electron chi connectivity index (χ1n) is 10.6. The molecule has 0 amide bonds. The number of ether oxygens (including phenoxy) is 1. The number of phenolic OH excluding ortho intramolecular Hbond substituents is 1. The highest BCUT2D eigenvalue weighted by atomic mass is 16.9. The fourth-order valence-electron chi connectivity index (χ4n) is 4.01. The third-order valence-corrected chi connectivity index (χ3v) is 5.86. The summed E-state index contributed by atoms with van der Waals surface area (Å²) in [6, 6.07) is 7.71. The van der Waals surface area contributed by atoms with Gasteiger partial charge in [0.25, 0.3) is 5.09 Å². The maximum absolute atomic E-state index is 11.0. The largest absolute Gasteiger partial charge is 0.507 e. The highest BCUT2D eigenvalue weighted by molar-refractivity contribution is 5.87. The first kappa shape index (κ1) is 22.6. The van der Waals surface area contributed by atoms with Gasteiger partial charge in [0.1, 0.15) is 17.1 Å². The first-order valence-corrected chi connectivity index (χ1v) is 10.6. The third-order valence-electron chi connectivity index (χ3n) is 5.86. The van der Waals surface area contributed by atoms with E-state index < -0.39 is 10.7 Å². The molecule has 1 aromatic heterocycles. The third kappa shape index (κ3) is 5.54. The zero-order valence-electron chi connectivity index (χ0n) is 18.5. The lowest BCUT2D eigenvalue weighted by atomic mass is 9.83. The summed E-state index contributed by atoms with van der Waals surface area (Å²) in [5.41, 5.74) is 3.11. The monoisotopic (exact) mass is 426 g/mol. The summed E-state index contributed by atoms with van der Waals surface area (Å²) in [7, 11) is 0. The average molecular weight is 427 g/mol. The quantitative estimate of drug-likeness (QED) is 0.323. The molecule has 0 bridgehead atoms. The number of aromatic nitrogens is 1. The van der Waals surface area contributed by atoms with Crippen molar-refractivity contribution < 1.29 is 19.8 Å². The molecule has 1 aromatic carbocycles. The molecule has 2 unspecified atom stereocenters. The molecule has 0 fully saturated rings. The fourth-order valence-corrected chi connectivity index (χ4v) is 4.01. The number of phenols is 1. The van der Waals surface area contributed by atoms with Gasteiger partial charge in [-0.15, -0.1) is 10.1 Å². The van der Waals surface area contributed by atoms with Crippen molar-refractivity contribution in [2.75, 3.05) is 6.61 Å². The van der Waals surface area contributed by atoms with Crippen molar-refractivity contribution in [3.63, 3.8) is 0 Å². The molecule has 2 heterocycles. The van der Waals surface area contributed by atoms with E-state index in [2.05, 4.69) is 23.7 Å². The molecular weight excluding hydrogens is 396 g/mol. The fraction of sp³-hybridized carbons (Fsp3) is 0.458. The standard InChI is InChI=1S/C24H30N2O5/c1-16(7-5-6-12-30-26(28)29)17(2)19-13-21(27)23-20(18-8-10-25-11-9-18)15-24(3,4)31-22(23)14-19/h8-11,13-17,27H,5-7,12H2,1-4H3. The molecule has 3 rings (SSSR count). The second kappa shape index (κ2) is 9.37. The topological polar surface area (TPSA) is 94.7 Å². The van der Waals surface area contributed by atoms with Crippen molar-refractivity contribution in [3.8, 4) is 11.5 Å². The second-order valence-corrected chi connectivity index (χ2v) is 8.73. The van der Waals surface area contributed by atoms with Crippen LogP contribution in [0.1, 0.15) is 69.6 Å². The first-order chi connectivity index (χ1) is 14.7. The smallest absolute Gasteiger partial charge is 0.294 e. The molecule has 7 heteroatoms. The van der Waals surface area contributed by atoms with E-state index in [-0.39, 0.29) is 18.3 Å². The Morgan fingerprint density at radius 3 is 2.61 bits per heavy atom. The van der Waals surface area contributed by atoms with Gasteiger partial charge in [-0.05, 0) is 79.1 Å². The second-order valence-electron chi connectivity index (χ2n) is 8.73. The average Bonchev–Trinajstić information content (AvgIpc) is 2.71. The lowest BCUT2D eigenvalue weighted by Crippen LogP contribution is -2.29. The Bertz CT molecular complexity index is 956. The number of unbranched alkanes of at least 4 members (excludes halogenated alkanes) is 1. The van der Waals surface area contributed by atoms with Gasteiger partial charge in [0.05, 0.1) is 12.2 Å². The lowest BCUT2D eigenvalue weighted by molar-refractivity contribution is -0.757. The van der Waals surface area contributed by atoms with Gasteiger partial charge in [-0.1, -0.05) is 26.7 Å². The number of hydrogen-bond donors (Lipinski definition) is 1. The number of rotatable bonds is 9. The Morgan fingerprint density at radius 1 is 1.23 bits per heavy atom. The molecule has 0 saturated carbocycles. The van der Waals surface area contributed by atoms with Crippen LogP contribution in [0, 0.1) is 16.0 Å². The summed E-state index contributed by atoms with van der Waals surface area (Å²) < 4.78 is 6.23. The van der Waals surface area contributed by atoms with Crippen molar-refractivity contribution in [1.29, 1.82) is 0 Å². The minimum absolute atomic E-state index is 0.126. The number of aromatic hydroxyl groups is 1. The van der Waals surface area contributed by atoms with E-state index in [0.29, 0.717) is 23.7 Å². The van der Waals surface area contributed by atoms with Crippen molar-refractivity contribution in [2.45, 2.75) is 58.5 Å². The van der Waals surface area contributed by atoms with Crippen LogP contribution in [0.15, 0.2) is 42.7 Å². The molecule has 1 N–H and O–H groups in total. The summed E-state index contributed by atoms with van der Waals surface area (Å²) in [5, 5.41) is 20.4. The number of nitrogens with zero attached hydrogens (tertiary/aromatic N) is 2. The van der Waals surface area contributed by atoms with Crippen molar-refractivity contribution in [2.24, 2.45) is 5.92 Å². The Hall–Kier alpha value is -3.09. The molecule has 7 nitrogen and oxygen atoms in total. The number of pyridine rings is 1. The minimum Gasteiger partial charge on any atom is -0.507 e. The summed E-state index contributed by atoms with van der Waals surface area (Å²) in [5.74, 6) is 1.40. The predicted molar refractivity (Wildman–Crippen MR) is 119 cm³/mol. The van der Waals surface area contributed by atoms with Crippen LogP contribution >= 0.6 is 0 Å². The van der Waals surface area contributed by atoms with Gasteiger partial charge in [-0.25, -0.2) is 0 Å². The van der Waals surface area contributed by atoms with Gasteiger partial charge in [0.15, 0.2) is 0 Å². The molecule has 2 atom stereocenters. The van der Waals surface area contributed by atoms with Crippen LogP contribution in [-0.2, 0) is 4.84 Å². The summed E-state index contributed by atoms with van der Waals surface area (Å²) in [6.45, 7) is 8.41. The minimum atomic E-state index is -0.752. The van der Waals surface area contributed by atoms with E-state index in [9.17, 15) is 15.2 Å². The molecule has 0 saturated heterocycles. The van der Waals surface area contributed by atoms with Crippen LogP contribution < -0.4 is 4.74 Å². The molecule has 0 radical (unpaired) electrons. The van der Waals surface area contributed by atoms with Crippen LogP contribution in [-0.4, -0.2) is 27.4 Å². The summed E-state index contributed by atoms with van der Waals surface area (Å²) >= 11 is 0. The van der Waals surface area contributed by atoms with E-state index >= 15 is 0 Å². The molecule has 166 valence electrons. The van der Waals surface area contributed by atoms with Crippen molar-refractivity contribution in [3.05, 3.63) is 69.5 Å². The van der Waals surface area contributed by atoms with E-state index in [0.717, 1.165) is 29.5 Å². The van der Waals surface area contributed by atoms with Gasteiger partial charge < -0.3 is 14.7 Å². The van der Waals surface area contributed by atoms with Gasteiger partial charge in [0.2, 0.25) is 0 Å². The van der Waals surface area contributed by atoms with E-state index in [4.69, 9.17) is 4.74 Å². The van der Waals surface area contributed by atoms with E-state index in [1.165, 1.54) is 0 Å². The zero-order valence-corrected chi connectivity index (χ0v) is 18.5. The molecular formula is C24H30N2O5. The zero-order chi connectivity index (χ0) is 22.6. The van der Waals surface area contributed by atoms with Crippen LogP contribution in [0.4, 0.5) is 0 Å². The Morgan fingerprint density at radius 2 is 1.94 bits per heavy atom. The molecule has 0 spiro atoms. The summed E-state index contributed by atoms with van der Waals surface area (Å²) in [4.78, 5) is 18.7. The van der Waals surface area contributed by atoms with Gasteiger partial charge >= 0.3 is 0 Å². The maximum Gasteiger partial charge on any atom is 0.294 e. The maximum atomic E-state index is 11.0. The van der Waals surface area contributed by atoms with Crippen molar-refractivity contribution >= 4 is 5.57 Å². The summed E-state index contributed by atoms with van der Waals surface area (Å²) in [6.07, 6.45) is 7.91. The number of fused-ring (bicyclic) bond motifs is 1. The van der Waals surface area contributed by atoms with E-state index in [1.54, 1.807) is 12.4 Å². The number of benzene rings is 1. The predicted octanol–water partition coefficient (Wildman–Crippen LogP) is 5.51. The Kier molecular flexibility index (Phi) is 6.83. The molecule has 1 aliphatic heterocycles. The van der Waals surface area contributed by atoms with E-state index in [1.807, 2.05) is 44.2 Å². The van der Waals surface area contributed by atoms with Crippen LogP contribution in [0.5, 0.6) is 11.5 Å². The van der Waals surface area contributed by atoms with Gasteiger partial charge in [0, 0.05) is 12.4 Å². The highest BCUT2D eigenvalue weighted by Crippen LogP contribution is 2.46. The van der Waals surface area contributed by atoms with Crippen molar-refractivity contribution in [1.82, 2.24) is 4.98 Å². The molecule has 2 aromatic rings.